The number of carbonyl (C=O) groups excluding carboxylic acids is 3. The number of hydrogen-bond acceptors (Lipinski definition) is 7. The van der Waals surface area contributed by atoms with Gasteiger partial charge in [-0.3, -0.25) is 4.79 Å². The van der Waals surface area contributed by atoms with Crippen LogP contribution in [0.15, 0.2) is 18.2 Å². The molecular formula is C15H19NO6. The summed E-state index contributed by atoms with van der Waals surface area (Å²) in [5, 5.41) is 0. The van der Waals surface area contributed by atoms with Gasteiger partial charge in [0, 0.05) is 6.42 Å². The van der Waals surface area contributed by atoms with Crippen molar-refractivity contribution in [1.82, 2.24) is 0 Å². The predicted octanol–water partition coefficient (Wildman–Crippen LogP) is 1.99. The van der Waals surface area contributed by atoms with E-state index in [9.17, 15) is 14.4 Å². The number of ether oxygens (including phenoxy) is 2. The van der Waals surface area contributed by atoms with E-state index in [1.165, 1.54) is 18.2 Å². The van der Waals surface area contributed by atoms with Crippen molar-refractivity contribution in [3.8, 4) is 5.75 Å². The summed E-state index contributed by atoms with van der Waals surface area (Å²) >= 11 is 0. The Bertz CT molecular complexity index is 588. The van der Waals surface area contributed by atoms with Gasteiger partial charge in [0.05, 0.1) is 5.56 Å². The van der Waals surface area contributed by atoms with E-state index in [0.717, 1.165) is 0 Å². The highest BCUT2D eigenvalue weighted by Crippen LogP contribution is 2.23. The van der Waals surface area contributed by atoms with Crippen molar-refractivity contribution >= 4 is 17.9 Å². The van der Waals surface area contributed by atoms with Crippen molar-refractivity contribution in [3.63, 3.8) is 0 Å². The molecule has 1 aromatic rings. The molecule has 0 bridgehead atoms. The van der Waals surface area contributed by atoms with Crippen LogP contribution in [-0.4, -0.2) is 23.5 Å². The van der Waals surface area contributed by atoms with Crippen LogP contribution in [0.3, 0.4) is 0 Å². The van der Waals surface area contributed by atoms with E-state index >= 15 is 0 Å². The number of nitrogens with two attached hydrogens (primary N) is 1. The van der Waals surface area contributed by atoms with Crippen LogP contribution in [0, 0.1) is 0 Å². The molecule has 0 saturated carbocycles. The third kappa shape index (κ3) is 4.85. The van der Waals surface area contributed by atoms with Gasteiger partial charge in [0.15, 0.2) is 0 Å². The third-order valence-corrected chi connectivity index (χ3v) is 2.45. The molecule has 0 aliphatic heterocycles. The monoisotopic (exact) mass is 309 g/mol. The summed E-state index contributed by atoms with van der Waals surface area (Å²) < 4.78 is 10.2. The zero-order valence-electron chi connectivity index (χ0n) is 13.0. The fraction of sp³-hybridized carbons (Fsp3) is 0.400. The molecule has 0 fully saturated rings. The SMILES string of the molecule is CCC(=O)Oc1ccc(C(=O)OC(C)(C)C)cc1C(=O)ON. The maximum atomic E-state index is 12.0. The molecule has 0 saturated heterocycles. The Morgan fingerprint density at radius 1 is 1.14 bits per heavy atom. The van der Waals surface area contributed by atoms with Gasteiger partial charge >= 0.3 is 17.9 Å². The Balaban J connectivity index is 3.17. The summed E-state index contributed by atoms with van der Waals surface area (Å²) in [7, 11) is 0. The van der Waals surface area contributed by atoms with Crippen LogP contribution in [0.4, 0.5) is 0 Å². The average molecular weight is 309 g/mol. The van der Waals surface area contributed by atoms with Gasteiger partial charge in [-0.05, 0) is 39.0 Å². The van der Waals surface area contributed by atoms with E-state index in [1.807, 2.05) is 0 Å². The molecule has 0 aliphatic rings. The molecular weight excluding hydrogens is 290 g/mol. The largest absolute Gasteiger partial charge is 0.456 e. The van der Waals surface area contributed by atoms with E-state index in [2.05, 4.69) is 4.84 Å². The molecule has 22 heavy (non-hydrogen) atoms. The minimum absolute atomic E-state index is 0.0328. The molecule has 0 aromatic heterocycles. The lowest BCUT2D eigenvalue weighted by Gasteiger charge is -2.19. The van der Waals surface area contributed by atoms with Crippen molar-refractivity contribution < 1.29 is 28.7 Å². The molecule has 0 aliphatic carbocycles. The highest BCUT2D eigenvalue weighted by molar-refractivity contribution is 5.98. The van der Waals surface area contributed by atoms with E-state index in [4.69, 9.17) is 15.4 Å². The van der Waals surface area contributed by atoms with Crippen LogP contribution in [-0.2, 0) is 14.4 Å². The van der Waals surface area contributed by atoms with Crippen molar-refractivity contribution in [2.24, 2.45) is 5.90 Å². The van der Waals surface area contributed by atoms with Gasteiger partial charge in [0.2, 0.25) is 0 Å². The average Bonchev–Trinajstić information content (AvgIpc) is 2.44. The van der Waals surface area contributed by atoms with Crippen LogP contribution in [0.25, 0.3) is 0 Å². The Kier molecular flexibility index (Phi) is 5.64. The first-order valence-corrected chi connectivity index (χ1v) is 6.67. The van der Waals surface area contributed by atoms with Crippen LogP contribution in [0.2, 0.25) is 0 Å². The van der Waals surface area contributed by atoms with Crippen molar-refractivity contribution in [2.45, 2.75) is 39.7 Å². The van der Waals surface area contributed by atoms with Gasteiger partial charge in [0.25, 0.3) is 0 Å². The van der Waals surface area contributed by atoms with Crippen molar-refractivity contribution in [3.05, 3.63) is 29.3 Å². The van der Waals surface area contributed by atoms with Gasteiger partial charge in [-0.25, -0.2) is 9.59 Å². The summed E-state index contributed by atoms with van der Waals surface area (Å²) in [5.74, 6) is 2.75. The van der Waals surface area contributed by atoms with Crippen molar-refractivity contribution in [1.29, 1.82) is 0 Å². The molecule has 2 N–H and O–H groups in total. The van der Waals surface area contributed by atoms with Crippen LogP contribution in [0.1, 0.15) is 54.8 Å². The quantitative estimate of drug-likeness (QED) is 0.515. The smallest absolute Gasteiger partial charge is 0.360 e. The minimum atomic E-state index is -0.927. The van der Waals surface area contributed by atoms with Gasteiger partial charge < -0.3 is 14.3 Å². The zero-order chi connectivity index (χ0) is 16.9. The molecule has 0 amide bonds. The van der Waals surface area contributed by atoms with Gasteiger partial charge in [-0.1, -0.05) is 6.92 Å². The number of carbonyl (C=O) groups is 3. The highest BCUT2D eigenvalue weighted by atomic mass is 16.7. The van der Waals surface area contributed by atoms with Gasteiger partial charge in [0.1, 0.15) is 16.9 Å². The lowest BCUT2D eigenvalue weighted by atomic mass is 10.1. The fourth-order valence-corrected chi connectivity index (χ4v) is 1.50. The zero-order valence-corrected chi connectivity index (χ0v) is 13.0. The molecule has 1 aromatic carbocycles. The topological polar surface area (TPSA) is 105 Å². The number of esters is 2. The molecule has 0 heterocycles. The lowest BCUT2D eigenvalue weighted by molar-refractivity contribution is -0.134. The summed E-state index contributed by atoms with van der Waals surface area (Å²) in [6.07, 6.45) is 0.130. The molecule has 7 heteroatoms. The van der Waals surface area contributed by atoms with E-state index < -0.39 is 23.5 Å². The first-order chi connectivity index (χ1) is 10.2. The number of benzene rings is 1. The Morgan fingerprint density at radius 2 is 1.77 bits per heavy atom. The summed E-state index contributed by atoms with van der Waals surface area (Å²) in [5.41, 5.74) is -0.696. The van der Waals surface area contributed by atoms with Crippen LogP contribution >= 0.6 is 0 Å². The summed E-state index contributed by atoms with van der Waals surface area (Å²) in [4.78, 5) is 39.2. The first-order valence-electron chi connectivity index (χ1n) is 6.67. The molecule has 0 atom stereocenters. The fourth-order valence-electron chi connectivity index (χ4n) is 1.50. The normalized spacial score (nSPS) is 10.8. The molecule has 0 spiro atoms. The summed E-state index contributed by atoms with van der Waals surface area (Å²) in [6.45, 7) is 6.77. The lowest BCUT2D eigenvalue weighted by Crippen LogP contribution is -2.24. The van der Waals surface area contributed by atoms with Crippen molar-refractivity contribution in [2.75, 3.05) is 0 Å². The molecule has 0 unspecified atom stereocenters. The minimum Gasteiger partial charge on any atom is -0.456 e. The molecule has 120 valence electrons. The number of hydrogen-bond donors (Lipinski definition) is 1. The van der Waals surface area contributed by atoms with Gasteiger partial charge in [-0.2, -0.15) is 5.90 Å². The second-order valence-corrected chi connectivity index (χ2v) is 5.45. The maximum absolute atomic E-state index is 12.0. The predicted molar refractivity (Wildman–Crippen MR) is 77.1 cm³/mol. The Morgan fingerprint density at radius 3 is 2.27 bits per heavy atom. The summed E-state index contributed by atoms with van der Waals surface area (Å²) in [6, 6.07) is 3.92. The van der Waals surface area contributed by atoms with Gasteiger partial charge in [-0.15, -0.1) is 0 Å². The molecule has 0 radical (unpaired) electrons. The van der Waals surface area contributed by atoms with Crippen LogP contribution < -0.4 is 10.6 Å². The highest BCUT2D eigenvalue weighted by Gasteiger charge is 2.22. The van der Waals surface area contributed by atoms with E-state index in [0.29, 0.717) is 0 Å². The van der Waals surface area contributed by atoms with Crippen LogP contribution in [0.5, 0.6) is 5.75 Å². The third-order valence-electron chi connectivity index (χ3n) is 2.45. The van der Waals surface area contributed by atoms with E-state index in [-0.39, 0.29) is 23.3 Å². The Labute approximate surface area is 128 Å². The molecule has 1 rings (SSSR count). The second kappa shape index (κ2) is 7.04. The maximum Gasteiger partial charge on any atom is 0.360 e. The molecule has 7 nitrogen and oxygen atoms in total. The second-order valence-electron chi connectivity index (χ2n) is 5.45. The Hall–Kier alpha value is -2.41. The standard InChI is InChI=1S/C15H19NO6/c1-5-12(17)20-11-7-6-9(8-10(11)14(19)22-16)13(18)21-15(2,3)4/h6-8H,5,16H2,1-4H3. The first kappa shape index (κ1) is 17.6. The number of rotatable bonds is 4. The van der Waals surface area contributed by atoms with E-state index in [1.54, 1.807) is 27.7 Å².